The average Bonchev–Trinajstić information content (AvgIpc) is 2.38. The zero-order chi connectivity index (χ0) is 12.5. The summed E-state index contributed by atoms with van der Waals surface area (Å²) in [5.74, 6) is -0.0459. The van der Waals surface area contributed by atoms with Crippen molar-refractivity contribution in [1.29, 1.82) is 0 Å². The number of carbonyl (C=O) groups is 1. The van der Waals surface area contributed by atoms with E-state index in [1.54, 1.807) is 0 Å². The minimum Gasteiger partial charge on any atom is -0.326 e. The number of hydrogen-bond donors (Lipinski definition) is 1. The van der Waals surface area contributed by atoms with Crippen molar-refractivity contribution >= 4 is 33.1 Å². The maximum Gasteiger partial charge on any atom is 0.221 e. The van der Waals surface area contributed by atoms with Crippen LogP contribution < -0.4 is 5.32 Å². The van der Waals surface area contributed by atoms with Crippen LogP contribution in [0.25, 0.3) is 21.5 Å². The van der Waals surface area contributed by atoms with E-state index < -0.39 is 0 Å². The van der Waals surface area contributed by atoms with E-state index in [2.05, 4.69) is 23.5 Å². The Morgan fingerprint density at radius 2 is 1.50 bits per heavy atom. The zero-order valence-corrected chi connectivity index (χ0v) is 10.1. The Morgan fingerprint density at radius 1 is 0.889 bits per heavy atom. The van der Waals surface area contributed by atoms with Gasteiger partial charge in [-0.1, -0.05) is 48.5 Å². The highest BCUT2D eigenvalue weighted by Gasteiger charge is 2.06. The minimum atomic E-state index is -0.0459. The number of anilines is 1. The monoisotopic (exact) mass is 235 g/mol. The van der Waals surface area contributed by atoms with E-state index in [1.165, 1.54) is 17.7 Å². The molecule has 0 spiro atoms. The molecule has 3 aromatic carbocycles. The molecule has 0 saturated heterocycles. The van der Waals surface area contributed by atoms with Crippen molar-refractivity contribution in [3.8, 4) is 0 Å². The van der Waals surface area contributed by atoms with E-state index >= 15 is 0 Å². The number of benzene rings is 3. The molecule has 0 saturated carbocycles. The van der Waals surface area contributed by atoms with Crippen LogP contribution in [0.1, 0.15) is 6.92 Å². The molecule has 3 rings (SSSR count). The van der Waals surface area contributed by atoms with Gasteiger partial charge < -0.3 is 5.32 Å². The highest BCUT2D eigenvalue weighted by molar-refractivity contribution is 6.14. The summed E-state index contributed by atoms with van der Waals surface area (Å²) in [6.07, 6.45) is 0. The van der Waals surface area contributed by atoms with Crippen molar-refractivity contribution < 1.29 is 4.79 Å². The second-order valence-electron chi connectivity index (χ2n) is 4.37. The fourth-order valence-corrected chi connectivity index (χ4v) is 2.35. The summed E-state index contributed by atoms with van der Waals surface area (Å²) in [5, 5.41) is 7.49. The molecule has 0 aliphatic rings. The Balaban J connectivity index is 2.42. The first-order chi connectivity index (χ1) is 8.75. The van der Waals surface area contributed by atoms with E-state index in [9.17, 15) is 4.79 Å². The first kappa shape index (κ1) is 10.8. The molecule has 0 unspecified atom stereocenters. The third-order valence-electron chi connectivity index (χ3n) is 3.08. The van der Waals surface area contributed by atoms with Gasteiger partial charge in [-0.3, -0.25) is 4.79 Å². The minimum absolute atomic E-state index is 0.0459. The predicted octanol–water partition coefficient (Wildman–Crippen LogP) is 3.95. The Labute approximate surface area is 105 Å². The van der Waals surface area contributed by atoms with Crippen LogP contribution in [-0.4, -0.2) is 5.91 Å². The molecule has 0 heterocycles. The highest BCUT2D eigenvalue weighted by Crippen LogP contribution is 2.31. The van der Waals surface area contributed by atoms with Gasteiger partial charge in [0.05, 0.1) is 0 Å². The lowest BCUT2D eigenvalue weighted by Gasteiger charge is -2.10. The summed E-state index contributed by atoms with van der Waals surface area (Å²) in [6, 6.07) is 18.4. The SMILES string of the molecule is CC(=O)Nc1cc2ccccc2c2ccccc12. The van der Waals surface area contributed by atoms with E-state index in [-0.39, 0.29) is 5.91 Å². The van der Waals surface area contributed by atoms with Crippen LogP contribution in [0.4, 0.5) is 5.69 Å². The first-order valence-corrected chi connectivity index (χ1v) is 5.94. The molecule has 0 bridgehead atoms. The summed E-state index contributed by atoms with van der Waals surface area (Å²) in [4.78, 5) is 11.3. The largest absolute Gasteiger partial charge is 0.326 e. The summed E-state index contributed by atoms with van der Waals surface area (Å²) < 4.78 is 0. The normalized spacial score (nSPS) is 10.7. The number of nitrogens with one attached hydrogen (secondary N) is 1. The van der Waals surface area contributed by atoms with Crippen LogP contribution in [0.3, 0.4) is 0 Å². The van der Waals surface area contributed by atoms with Crippen LogP contribution in [0.2, 0.25) is 0 Å². The third kappa shape index (κ3) is 1.72. The Hall–Kier alpha value is -2.35. The van der Waals surface area contributed by atoms with Crippen LogP contribution >= 0.6 is 0 Å². The molecule has 0 atom stereocenters. The van der Waals surface area contributed by atoms with E-state index in [0.717, 1.165) is 16.5 Å². The maximum atomic E-state index is 11.3. The van der Waals surface area contributed by atoms with Crippen LogP contribution in [0.5, 0.6) is 0 Å². The van der Waals surface area contributed by atoms with Gasteiger partial charge in [-0.15, -0.1) is 0 Å². The third-order valence-corrected chi connectivity index (χ3v) is 3.08. The molecule has 2 heteroatoms. The fourth-order valence-electron chi connectivity index (χ4n) is 2.35. The van der Waals surface area contributed by atoms with Crippen molar-refractivity contribution in [1.82, 2.24) is 0 Å². The zero-order valence-electron chi connectivity index (χ0n) is 10.1. The number of rotatable bonds is 1. The van der Waals surface area contributed by atoms with Gasteiger partial charge in [-0.2, -0.15) is 0 Å². The van der Waals surface area contributed by atoms with E-state index in [0.29, 0.717) is 0 Å². The van der Waals surface area contributed by atoms with Crippen molar-refractivity contribution in [2.45, 2.75) is 6.92 Å². The molecular formula is C16H13NO. The average molecular weight is 235 g/mol. The molecule has 0 aliphatic carbocycles. The molecule has 1 amide bonds. The summed E-state index contributed by atoms with van der Waals surface area (Å²) in [7, 11) is 0. The smallest absolute Gasteiger partial charge is 0.221 e. The van der Waals surface area contributed by atoms with Gasteiger partial charge in [0.2, 0.25) is 5.91 Å². The van der Waals surface area contributed by atoms with Crippen LogP contribution in [-0.2, 0) is 4.79 Å². The molecule has 0 fully saturated rings. The molecule has 88 valence electrons. The molecule has 0 aromatic heterocycles. The Morgan fingerprint density at radius 3 is 2.22 bits per heavy atom. The van der Waals surface area contributed by atoms with Gasteiger partial charge in [-0.05, 0) is 22.2 Å². The number of carbonyl (C=O) groups excluding carboxylic acids is 1. The lowest BCUT2D eigenvalue weighted by Crippen LogP contribution is -2.06. The van der Waals surface area contributed by atoms with Crippen LogP contribution in [0.15, 0.2) is 54.6 Å². The van der Waals surface area contributed by atoms with Crippen molar-refractivity contribution in [3.05, 3.63) is 54.6 Å². The predicted molar refractivity (Wildman–Crippen MR) is 75.8 cm³/mol. The lowest BCUT2D eigenvalue weighted by atomic mass is 10.0. The van der Waals surface area contributed by atoms with Crippen LogP contribution in [0, 0.1) is 0 Å². The van der Waals surface area contributed by atoms with Gasteiger partial charge >= 0.3 is 0 Å². The van der Waals surface area contributed by atoms with Gasteiger partial charge in [0.15, 0.2) is 0 Å². The Bertz CT molecular complexity index is 746. The van der Waals surface area contributed by atoms with Gasteiger partial charge in [0.25, 0.3) is 0 Å². The van der Waals surface area contributed by atoms with E-state index in [4.69, 9.17) is 0 Å². The second kappa shape index (κ2) is 4.15. The molecule has 2 nitrogen and oxygen atoms in total. The van der Waals surface area contributed by atoms with Gasteiger partial charge in [-0.25, -0.2) is 0 Å². The number of fused-ring (bicyclic) bond motifs is 3. The number of hydrogen-bond acceptors (Lipinski definition) is 1. The molecule has 3 aromatic rings. The molecule has 18 heavy (non-hydrogen) atoms. The molecule has 0 radical (unpaired) electrons. The Kier molecular flexibility index (Phi) is 2.49. The standard InChI is InChI=1S/C16H13NO/c1-11(18)17-16-10-12-6-2-3-7-13(12)14-8-4-5-9-15(14)16/h2-10H,1H3,(H,17,18). The van der Waals surface area contributed by atoms with Crippen molar-refractivity contribution in [2.75, 3.05) is 5.32 Å². The van der Waals surface area contributed by atoms with Gasteiger partial charge in [0, 0.05) is 18.0 Å². The van der Waals surface area contributed by atoms with E-state index in [1.807, 2.05) is 36.4 Å². The van der Waals surface area contributed by atoms with Crippen molar-refractivity contribution in [3.63, 3.8) is 0 Å². The maximum absolute atomic E-state index is 11.3. The molecular weight excluding hydrogens is 222 g/mol. The highest BCUT2D eigenvalue weighted by atomic mass is 16.1. The summed E-state index contributed by atoms with van der Waals surface area (Å²) >= 11 is 0. The quantitative estimate of drug-likeness (QED) is 0.636. The summed E-state index contributed by atoms with van der Waals surface area (Å²) in [6.45, 7) is 1.53. The second-order valence-corrected chi connectivity index (χ2v) is 4.37. The topological polar surface area (TPSA) is 29.1 Å². The van der Waals surface area contributed by atoms with Gasteiger partial charge in [0.1, 0.15) is 0 Å². The fraction of sp³-hybridized carbons (Fsp3) is 0.0625. The molecule has 0 aliphatic heterocycles. The summed E-state index contributed by atoms with van der Waals surface area (Å²) in [5.41, 5.74) is 0.872. The van der Waals surface area contributed by atoms with Crippen molar-refractivity contribution in [2.24, 2.45) is 0 Å². The lowest BCUT2D eigenvalue weighted by molar-refractivity contribution is -0.114. The molecule has 1 N–H and O–H groups in total. The number of amides is 1. The first-order valence-electron chi connectivity index (χ1n) is 5.94.